The Kier molecular flexibility index (Phi) is 4.14. The lowest BCUT2D eigenvalue weighted by Gasteiger charge is -2.37. The second-order valence-corrected chi connectivity index (χ2v) is 6.80. The summed E-state index contributed by atoms with van der Waals surface area (Å²) in [7, 11) is 0. The molecule has 2 heterocycles. The summed E-state index contributed by atoms with van der Waals surface area (Å²) in [6.45, 7) is 0.107. The van der Waals surface area contributed by atoms with Gasteiger partial charge >= 0.3 is 12.2 Å². The van der Waals surface area contributed by atoms with E-state index in [0.29, 0.717) is 5.56 Å². The van der Waals surface area contributed by atoms with Crippen LogP contribution in [0.1, 0.15) is 24.0 Å². The van der Waals surface area contributed by atoms with Gasteiger partial charge in [-0.25, -0.2) is 9.78 Å². The Morgan fingerprint density at radius 2 is 2.04 bits per heavy atom. The first kappa shape index (κ1) is 18.1. The van der Waals surface area contributed by atoms with Crippen LogP contribution in [0.25, 0.3) is 0 Å². The number of nitrogens with zero attached hydrogens (tertiary/aromatic N) is 2. The fraction of sp³-hybridized carbons (Fsp3) is 0.316. The highest BCUT2D eigenvalue weighted by atomic mass is 19.4. The maximum absolute atomic E-state index is 14.0. The molecule has 0 bridgehead atoms. The summed E-state index contributed by atoms with van der Waals surface area (Å²) in [5.74, 6) is 4.86. The topological polar surface area (TPSA) is 76.0 Å². The van der Waals surface area contributed by atoms with Crippen molar-refractivity contribution in [1.82, 2.24) is 14.9 Å². The van der Waals surface area contributed by atoms with Gasteiger partial charge < -0.3 is 10.6 Å². The van der Waals surface area contributed by atoms with E-state index in [2.05, 4.69) is 22.1 Å². The zero-order valence-corrected chi connectivity index (χ0v) is 14.5. The molecule has 1 saturated carbocycles. The lowest BCUT2D eigenvalue weighted by Crippen LogP contribution is -2.59. The Morgan fingerprint density at radius 3 is 2.71 bits per heavy atom. The lowest BCUT2D eigenvalue weighted by atomic mass is 9.85. The number of halogens is 3. The van der Waals surface area contributed by atoms with Crippen molar-refractivity contribution in [1.29, 1.82) is 0 Å². The van der Waals surface area contributed by atoms with Crippen LogP contribution in [0.3, 0.4) is 0 Å². The Morgan fingerprint density at radius 1 is 1.25 bits per heavy atom. The summed E-state index contributed by atoms with van der Waals surface area (Å²) < 4.78 is 43.4. The number of amides is 2. The van der Waals surface area contributed by atoms with Gasteiger partial charge in [0.05, 0.1) is 12.9 Å². The molecule has 0 radical (unpaired) electrons. The Labute approximate surface area is 157 Å². The van der Waals surface area contributed by atoms with E-state index < -0.39 is 17.7 Å². The molecule has 6 nitrogen and oxygen atoms in total. The lowest BCUT2D eigenvalue weighted by molar-refractivity contribution is -0.178. The zero-order chi connectivity index (χ0) is 19.9. The van der Waals surface area contributed by atoms with E-state index in [1.807, 2.05) is 5.32 Å². The molecule has 0 unspecified atom stereocenters. The summed E-state index contributed by atoms with van der Waals surface area (Å²) in [6, 6.07) is 4.49. The second kappa shape index (κ2) is 6.41. The largest absolute Gasteiger partial charge is 0.427 e. The molecule has 1 aliphatic heterocycles. The fourth-order valence-electron chi connectivity index (χ4n) is 3.04. The van der Waals surface area contributed by atoms with Gasteiger partial charge in [0.15, 0.2) is 0 Å². The maximum Gasteiger partial charge on any atom is 0.427 e. The molecular weight excluding hydrogens is 373 g/mol. The molecule has 144 valence electrons. The normalized spacial score (nSPS) is 21.0. The summed E-state index contributed by atoms with van der Waals surface area (Å²) >= 11 is 0. The summed E-state index contributed by atoms with van der Waals surface area (Å²) in [6.07, 6.45) is -0.586. The predicted octanol–water partition coefficient (Wildman–Crippen LogP) is 2.60. The molecule has 1 fully saturated rings. The Balaban J connectivity index is 1.78. The van der Waals surface area contributed by atoms with Crippen molar-refractivity contribution < 1.29 is 18.0 Å². The fourth-order valence-corrected chi connectivity index (χ4v) is 3.04. The van der Waals surface area contributed by atoms with Crippen molar-refractivity contribution in [3.05, 3.63) is 58.3 Å². The van der Waals surface area contributed by atoms with Crippen molar-refractivity contribution in [2.75, 3.05) is 5.32 Å². The van der Waals surface area contributed by atoms with Crippen molar-refractivity contribution >= 4 is 11.7 Å². The average molecular weight is 388 g/mol. The minimum absolute atomic E-state index is 0.0145. The minimum atomic E-state index is -4.80. The van der Waals surface area contributed by atoms with Crippen LogP contribution in [0.5, 0.6) is 0 Å². The first-order chi connectivity index (χ1) is 13.3. The standard InChI is InChI=1S/C19H15F3N4O2/c20-19(21,22)18(7-5-12-1-2-12)14-4-3-13(9-15(14)24-17(28)25-18)10-26-11-23-8-6-16(26)27/h3-4,6,8-9,11-12H,1-2,10H2,(H2,24,25,28)/t18-/m0/s1. The van der Waals surface area contributed by atoms with Gasteiger partial charge in [0, 0.05) is 29.4 Å². The molecule has 2 amide bonds. The van der Waals surface area contributed by atoms with Crippen molar-refractivity contribution in [2.45, 2.75) is 31.1 Å². The van der Waals surface area contributed by atoms with E-state index in [-0.39, 0.29) is 29.3 Å². The van der Waals surface area contributed by atoms with E-state index in [0.717, 1.165) is 12.8 Å². The van der Waals surface area contributed by atoms with E-state index in [4.69, 9.17) is 0 Å². The number of urea groups is 1. The van der Waals surface area contributed by atoms with Gasteiger partial charge in [-0.1, -0.05) is 24.0 Å². The molecule has 28 heavy (non-hydrogen) atoms. The van der Waals surface area contributed by atoms with Crippen LogP contribution in [0.2, 0.25) is 0 Å². The van der Waals surface area contributed by atoms with E-state index >= 15 is 0 Å². The Hall–Kier alpha value is -3.28. The quantitative estimate of drug-likeness (QED) is 0.777. The van der Waals surface area contributed by atoms with Crippen LogP contribution >= 0.6 is 0 Å². The van der Waals surface area contributed by atoms with E-state index in [9.17, 15) is 22.8 Å². The number of aromatic nitrogens is 2. The molecule has 1 aromatic heterocycles. The maximum atomic E-state index is 14.0. The number of carbonyl (C=O) groups is 1. The smallest absolute Gasteiger partial charge is 0.310 e. The number of rotatable bonds is 2. The van der Waals surface area contributed by atoms with Crippen molar-refractivity contribution in [3.63, 3.8) is 0 Å². The predicted molar refractivity (Wildman–Crippen MR) is 94.4 cm³/mol. The number of carbonyl (C=O) groups excluding carboxylic acids is 1. The number of alkyl halides is 3. The van der Waals surface area contributed by atoms with Crippen LogP contribution < -0.4 is 16.2 Å². The molecule has 1 aliphatic carbocycles. The van der Waals surface area contributed by atoms with Gasteiger partial charge in [0.25, 0.3) is 5.56 Å². The van der Waals surface area contributed by atoms with Gasteiger partial charge in [-0.3, -0.25) is 9.36 Å². The summed E-state index contributed by atoms with van der Waals surface area (Å²) in [4.78, 5) is 27.7. The highest BCUT2D eigenvalue weighted by molar-refractivity contribution is 5.95. The van der Waals surface area contributed by atoms with E-state index in [1.165, 1.54) is 41.4 Å². The molecular formula is C19H15F3N4O2. The van der Waals surface area contributed by atoms with Gasteiger partial charge in [0.2, 0.25) is 5.54 Å². The number of nitrogens with one attached hydrogen (secondary N) is 2. The molecule has 1 aromatic carbocycles. The molecule has 1 atom stereocenters. The average Bonchev–Trinajstić information content (AvgIpc) is 3.44. The van der Waals surface area contributed by atoms with Gasteiger partial charge in [-0.15, -0.1) is 0 Å². The number of hydrogen-bond donors (Lipinski definition) is 2. The number of anilines is 1. The molecule has 2 aromatic rings. The molecule has 0 spiro atoms. The van der Waals surface area contributed by atoms with Crippen LogP contribution in [0, 0.1) is 17.8 Å². The zero-order valence-electron chi connectivity index (χ0n) is 14.5. The number of hydrogen-bond acceptors (Lipinski definition) is 3. The van der Waals surface area contributed by atoms with Gasteiger partial charge in [-0.05, 0) is 24.5 Å². The summed E-state index contributed by atoms with van der Waals surface area (Å²) in [5, 5.41) is 4.38. The van der Waals surface area contributed by atoms with Crippen LogP contribution in [0.15, 0.2) is 41.6 Å². The number of benzene rings is 1. The molecule has 2 N–H and O–H groups in total. The van der Waals surface area contributed by atoms with Gasteiger partial charge in [0.1, 0.15) is 0 Å². The monoisotopic (exact) mass is 388 g/mol. The first-order valence-corrected chi connectivity index (χ1v) is 8.61. The molecule has 9 heteroatoms. The molecule has 2 aliphatic rings. The van der Waals surface area contributed by atoms with Crippen LogP contribution in [-0.4, -0.2) is 21.8 Å². The van der Waals surface area contributed by atoms with Crippen molar-refractivity contribution in [3.8, 4) is 11.8 Å². The van der Waals surface area contributed by atoms with Gasteiger partial charge in [-0.2, -0.15) is 13.2 Å². The third kappa shape index (κ3) is 3.22. The SMILES string of the molecule is O=C1Nc2cc(Cn3cnccc3=O)ccc2[C@@](C#CC2CC2)(C(F)(F)F)N1. The third-order valence-electron chi connectivity index (χ3n) is 4.65. The Bertz CT molecular complexity index is 1060. The van der Waals surface area contributed by atoms with E-state index in [1.54, 1.807) is 0 Å². The first-order valence-electron chi connectivity index (χ1n) is 8.61. The van der Waals surface area contributed by atoms with Crippen LogP contribution in [-0.2, 0) is 12.1 Å². The summed E-state index contributed by atoms with van der Waals surface area (Å²) in [5.41, 5.74) is -2.67. The minimum Gasteiger partial charge on any atom is -0.310 e. The highest BCUT2D eigenvalue weighted by Gasteiger charge is 2.59. The van der Waals surface area contributed by atoms with Crippen molar-refractivity contribution in [2.24, 2.45) is 5.92 Å². The van der Waals surface area contributed by atoms with Crippen LogP contribution in [0.4, 0.5) is 23.7 Å². The molecule has 0 saturated heterocycles. The third-order valence-corrected chi connectivity index (χ3v) is 4.65. The molecule has 4 rings (SSSR count). The number of fused-ring (bicyclic) bond motifs is 1. The highest BCUT2D eigenvalue weighted by Crippen LogP contribution is 2.44. The second-order valence-electron chi connectivity index (χ2n) is 6.80.